The molecule has 3 heterocycles. The molecule has 2 unspecified atom stereocenters. The molecule has 2 aliphatic rings. The summed E-state index contributed by atoms with van der Waals surface area (Å²) >= 11 is 0. The number of nitrogens with zero attached hydrogens (tertiary/aromatic N) is 2. The minimum atomic E-state index is -3.24. The summed E-state index contributed by atoms with van der Waals surface area (Å²) < 4.78 is 30.9. The van der Waals surface area contributed by atoms with Crippen LogP contribution >= 0.6 is 0 Å². The van der Waals surface area contributed by atoms with E-state index in [1.54, 1.807) is 11.0 Å². The van der Waals surface area contributed by atoms with Crippen LogP contribution in [0.1, 0.15) is 45.2 Å². The first-order chi connectivity index (χ1) is 18.2. The van der Waals surface area contributed by atoms with Crippen LogP contribution in [0.2, 0.25) is 0 Å². The van der Waals surface area contributed by atoms with Crippen molar-refractivity contribution in [1.29, 1.82) is 0 Å². The third-order valence-electron chi connectivity index (χ3n) is 7.43. The number of nitrogens with one attached hydrogen (secondary N) is 1. The predicted octanol–water partition coefficient (Wildman–Crippen LogP) is 4.92. The Morgan fingerprint density at radius 3 is 2.47 bits per heavy atom. The molecule has 1 amide bonds. The van der Waals surface area contributed by atoms with Crippen LogP contribution < -0.4 is 4.74 Å². The molecule has 8 nitrogen and oxygen atoms in total. The lowest BCUT2D eigenvalue weighted by Gasteiger charge is -2.31. The average molecular weight is 530 g/mol. The molecule has 2 N–H and O–H groups in total. The summed E-state index contributed by atoms with van der Waals surface area (Å²) in [6.45, 7) is 3.87. The number of benzene rings is 3. The maximum atomic E-state index is 13.8. The highest BCUT2D eigenvalue weighted by Crippen LogP contribution is 2.47. The third kappa shape index (κ3) is 4.12. The summed E-state index contributed by atoms with van der Waals surface area (Å²) in [7, 11) is -3.24. The van der Waals surface area contributed by atoms with Gasteiger partial charge in [-0.3, -0.25) is 9.89 Å². The molecular formula is C29H27N3O5S. The van der Waals surface area contributed by atoms with Gasteiger partial charge in [-0.15, -0.1) is 0 Å². The van der Waals surface area contributed by atoms with Gasteiger partial charge in [0.05, 0.1) is 17.5 Å². The molecule has 9 heteroatoms. The van der Waals surface area contributed by atoms with Crippen molar-refractivity contribution in [2.24, 2.45) is 0 Å². The number of rotatable bonds is 5. The standard InChI is InChI=1S/C29H27N3O5S/c1-17-13-23(24(33)14-18(17)2)26-25-27(31-30-26)29(34)32(20-11-12-38(35,36)16-20)28(25)19-7-6-10-22(15-19)37-21-8-4-3-5-9-21/h3-10,13-15,20,28,33H,11-12,16H2,1-2H3,(H,30,31). The van der Waals surface area contributed by atoms with Gasteiger partial charge in [-0.2, -0.15) is 5.10 Å². The number of hydrogen-bond donors (Lipinski definition) is 2. The number of amides is 1. The van der Waals surface area contributed by atoms with E-state index in [1.807, 2.05) is 74.5 Å². The van der Waals surface area contributed by atoms with E-state index in [-0.39, 0.29) is 23.2 Å². The van der Waals surface area contributed by atoms with Crippen molar-refractivity contribution < 1.29 is 23.1 Å². The van der Waals surface area contributed by atoms with Crippen LogP contribution in [0.4, 0.5) is 0 Å². The highest BCUT2D eigenvalue weighted by atomic mass is 32.2. The molecule has 6 rings (SSSR count). The second-order valence-electron chi connectivity index (χ2n) is 9.97. The van der Waals surface area contributed by atoms with Crippen LogP contribution in [0.5, 0.6) is 17.2 Å². The maximum Gasteiger partial charge on any atom is 0.273 e. The molecule has 0 spiro atoms. The summed E-state index contributed by atoms with van der Waals surface area (Å²) in [6.07, 6.45) is 0.368. The zero-order chi connectivity index (χ0) is 26.6. The summed E-state index contributed by atoms with van der Waals surface area (Å²) in [5.74, 6) is 0.989. The fourth-order valence-electron chi connectivity index (χ4n) is 5.43. The average Bonchev–Trinajstić information content (AvgIpc) is 3.55. The zero-order valence-electron chi connectivity index (χ0n) is 21.0. The Hall–Kier alpha value is -4.11. The van der Waals surface area contributed by atoms with Crippen molar-refractivity contribution in [1.82, 2.24) is 15.1 Å². The van der Waals surface area contributed by atoms with Crippen LogP contribution in [-0.4, -0.2) is 52.1 Å². The van der Waals surface area contributed by atoms with Crippen LogP contribution in [0, 0.1) is 13.8 Å². The van der Waals surface area contributed by atoms with E-state index in [2.05, 4.69) is 10.2 Å². The van der Waals surface area contributed by atoms with Crippen LogP contribution in [0.3, 0.4) is 0 Å². The molecule has 38 heavy (non-hydrogen) atoms. The molecule has 2 aliphatic heterocycles. The minimum absolute atomic E-state index is 0.0440. The number of para-hydroxylation sites is 1. The van der Waals surface area contributed by atoms with Gasteiger partial charge in [0.25, 0.3) is 5.91 Å². The Morgan fingerprint density at radius 1 is 1.00 bits per heavy atom. The van der Waals surface area contributed by atoms with E-state index in [0.717, 1.165) is 16.7 Å². The fraction of sp³-hybridized carbons (Fsp3) is 0.241. The van der Waals surface area contributed by atoms with Gasteiger partial charge in [0.1, 0.15) is 28.6 Å². The van der Waals surface area contributed by atoms with Gasteiger partial charge in [-0.25, -0.2) is 8.42 Å². The number of aromatic nitrogens is 2. The molecule has 2 atom stereocenters. The van der Waals surface area contributed by atoms with E-state index in [9.17, 15) is 18.3 Å². The van der Waals surface area contributed by atoms with Gasteiger partial charge in [0, 0.05) is 17.2 Å². The number of carbonyl (C=O) groups is 1. The first kappa shape index (κ1) is 24.2. The Bertz CT molecular complexity index is 1660. The molecule has 3 aromatic carbocycles. The highest BCUT2D eigenvalue weighted by Gasteiger charge is 2.48. The summed E-state index contributed by atoms with van der Waals surface area (Å²) in [5.41, 5.74) is 4.59. The number of carbonyl (C=O) groups excluding carboxylic acids is 1. The maximum absolute atomic E-state index is 13.8. The summed E-state index contributed by atoms with van der Waals surface area (Å²) in [6, 6.07) is 19.3. The summed E-state index contributed by atoms with van der Waals surface area (Å²) in [4.78, 5) is 15.4. The number of ether oxygens (including phenoxy) is 1. The predicted molar refractivity (Wildman–Crippen MR) is 143 cm³/mol. The first-order valence-corrected chi connectivity index (χ1v) is 14.3. The minimum Gasteiger partial charge on any atom is -0.507 e. The number of sulfone groups is 1. The molecule has 194 valence electrons. The lowest BCUT2D eigenvalue weighted by molar-refractivity contribution is 0.0677. The molecule has 0 aliphatic carbocycles. The van der Waals surface area contributed by atoms with Crippen molar-refractivity contribution in [2.75, 3.05) is 11.5 Å². The Morgan fingerprint density at radius 2 is 1.74 bits per heavy atom. The van der Waals surface area contributed by atoms with Crippen LogP contribution in [0.15, 0.2) is 66.7 Å². The Balaban J connectivity index is 1.50. The molecular weight excluding hydrogens is 502 g/mol. The molecule has 1 saturated heterocycles. The van der Waals surface area contributed by atoms with E-state index < -0.39 is 21.9 Å². The second-order valence-corrected chi connectivity index (χ2v) is 12.2. The number of aryl methyl sites for hydroxylation is 2. The number of H-pyrrole nitrogens is 1. The SMILES string of the molecule is Cc1cc(O)c(-c2n[nH]c3c2C(c2cccc(Oc4ccccc4)c2)N(C2CCS(=O)(=O)C2)C3=O)cc1C. The molecule has 4 aromatic rings. The van der Waals surface area contributed by atoms with Crippen molar-refractivity contribution in [3.8, 4) is 28.5 Å². The number of phenolic OH excluding ortho intramolecular Hbond substituents is 1. The molecule has 1 aromatic heterocycles. The number of phenols is 1. The van der Waals surface area contributed by atoms with E-state index in [0.29, 0.717) is 40.4 Å². The van der Waals surface area contributed by atoms with Gasteiger partial charge < -0.3 is 14.7 Å². The van der Waals surface area contributed by atoms with Gasteiger partial charge >= 0.3 is 0 Å². The number of fused-ring (bicyclic) bond motifs is 1. The molecule has 1 fully saturated rings. The molecule has 0 saturated carbocycles. The highest BCUT2D eigenvalue weighted by molar-refractivity contribution is 7.91. The van der Waals surface area contributed by atoms with Gasteiger partial charge in [-0.1, -0.05) is 30.3 Å². The number of aromatic hydroxyl groups is 1. The first-order valence-electron chi connectivity index (χ1n) is 12.5. The Kier molecular flexibility index (Phi) is 5.75. The lowest BCUT2D eigenvalue weighted by Crippen LogP contribution is -2.40. The lowest BCUT2D eigenvalue weighted by atomic mass is 9.93. The Labute approximate surface area is 220 Å². The van der Waals surface area contributed by atoms with Crippen molar-refractivity contribution in [2.45, 2.75) is 32.4 Å². The fourth-order valence-corrected chi connectivity index (χ4v) is 7.14. The monoisotopic (exact) mass is 529 g/mol. The van der Waals surface area contributed by atoms with Crippen molar-refractivity contribution >= 4 is 15.7 Å². The van der Waals surface area contributed by atoms with Gasteiger partial charge in [0.15, 0.2) is 9.84 Å². The smallest absolute Gasteiger partial charge is 0.273 e. The number of aromatic amines is 1. The van der Waals surface area contributed by atoms with Crippen molar-refractivity contribution in [3.63, 3.8) is 0 Å². The van der Waals surface area contributed by atoms with Crippen molar-refractivity contribution in [3.05, 3.63) is 94.7 Å². The normalized spacial score (nSPS) is 20.1. The topological polar surface area (TPSA) is 113 Å². The van der Waals surface area contributed by atoms with E-state index in [1.165, 1.54) is 0 Å². The van der Waals surface area contributed by atoms with E-state index >= 15 is 0 Å². The second kappa shape index (κ2) is 9.02. The molecule has 0 radical (unpaired) electrons. The third-order valence-corrected chi connectivity index (χ3v) is 9.18. The largest absolute Gasteiger partial charge is 0.507 e. The van der Waals surface area contributed by atoms with Crippen LogP contribution in [0.25, 0.3) is 11.3 Å². The van der Waals surface area contributed by atoms with E-state index in [4.69, 9.17) is 4.74 Å². The van der Waals surface area contributed by atoms with Gasteiger partial charge in [-0.05, 0) is 73.4 Å². The van der Waals surface area contributed by atoms with Gasteiger partial charge in [0.2, 0.25) is 0 Å². The molecule has 0 bridgehead atoms. The van der Waals surface area contributed by atoms with Crippen LogP contribution in [-0.2, 0) is 9.84 Å². The zero-order valence-corrected chi connectivity index (χ0v) is 21.8. The summed E-state index contributed by atoms with van der Waals surface area (Å²) in [5, 5.41) is 18.2. The number of hydrogen-bond acceptors (Lipinski definition) is 6. The quantitative estimate of drug-likeness (QED) is 0.379.